The van der Waals surface area contributed by atoms with E-state index >= 15 is 0 Å². The van der Waals surface area contributed by atoms with E-state index in [-0.39, 0.29) is 11.0 Å². The summed E-state index contributed by atoms with van der Waals surface area (Å²) in [6.07, 6.45) is 2.07. The summed E-state index contributed by atoms with van der Waals surface area (Å²) in [5.41, 5.74) is 2.87. The van der Waals surface area contributed by atoms with Gasteiger partial charge in [0.05, 0.1) is 7.11 Å². The van der Waals surface area contributed by atoms with E-state index in [1.54, 1.807) is 37.3 Å². The zero-order chi connectivity index (χ0) is 18.5. The van der Waals surface area contributed by atoms with Gasteiger partial charge in [0.2, 0.25) is 0 Å². The van der Waals surface area contributed by atoms with Crippen molar-refractivity contribution in [1.82, 2.24) is 14.8 Å². The standard InChI is InChI=1S/C20H21N3O2S/c1-14(26-20-22-21-13-23(20)2)17-6-4-5-15(11-17)12-19(24)16-7-9-18(25-3)10-8-16/h4-11,13-14H,12H2,1-3H3. The van der Waals surface area contributed by atoms with Crippen molar-refractivity contribution in [2.75, 3.05) is 7.11 Å². The van der Waals surface area contributed by atoms with Gasteiger partial charge < -0.3 is 9.30 Å². The maximum Gasteiger partial charge on any atom is 0.191 e. The van der Waals surface area contributed by atoms with Crippen LogP contribution in [-0.4, -0.2) is 27.7 Å². The van der Waals surface area contributed by atoms with Gasteiger partial charge in [-0.25, -0.2) is 0 Å². The summed E-state index contributed by atoms with van der Waals surface area (Å²) in [4.78, 5) is 12.5. The SMILES string of the molecule is COc1ccc(C(=O)Cc2cccc(C(C)Sc3nncn3C)c2)cc1. The molecule has 0 aliphatic rings. The number of thioether (sulfide) groups is 1. The van der Waals surface area contributed by atoms with E-state index in [1.165, 1.54) is 0 Å². The molecule has 0 saturated heterocycles. The van der Waals surface area contributed by atoms with Crippen LogP contribution in [0.25, 0.3) is 0 Å². The summed E-state index contributed by atoms with van der Waals surface area (Å²) in [5.74, 6) is 0.844. The maximum atomic E-state index is 12.5. The molecule has 3 aromatic rings. The smallest absolute Gasteiger partial charge is 0.191 e. The van der Waals surface area contributed by atoms with Crippen LogP contribution in [0.1, 0.15) is 33.7 Å². The van der Waals surface area contributed by atoms with Crippen molar-refractivity contribution in [3.8, 4) is 5.75 Å². The Morgan fingerprint density at radius 1 is 1.23 bits per heavy atom. The Labute approximate surface area is 157 Å². The number of aryl methyl sites for hydroxylation is 1. The third-order valence-corrected chi connectivity index (χ3v) is 5.36. The number of ketones is 1. The van der Waals surface area contributed by atoms with E-state index < -0.39 is 0 Å². The van der Waals surface area contributed by atoms with Crippen LogP contribution in [0.3, 0.4) is 0 Å². The highest BCUT2D eigenvalue weighted by molar-refractivity contribution is 7.99. The number of benzene rings is 2. The summed E-state index contributed by atoms with van der Waals surface area (Å²) in [5, 5.41) is 9.12. The van der Waals surface area contributed by atoms with Crippen molar-refractivity contribution < 1.29 is 9.53 Å². The van der Waals surface area contributed by atoms with Crippen molar-refractivity contribution in [1.29, 1.82) is 0 Å². The predicted octanol–water partition coefficient (Wildman–Crippen LogP) is 4.10. The molecule has 1 aromatic heterocycles. The number of methoxy groups -OCH3 is 1. The molecule has 0 saturated carbocycles. The van der Waals surface area contributed by atoms with Crippen LogP contribution in [0.2, 0.25) is 0 Å². The highest BCUT2D eigenvalue weighted by atomic mass is 32.2. The zero-order valence-electron chi connectivity index (χ0n) is 15.0. The minimum atomic E-state index is 0.0958. The van der Waals surface area contributed by atoms with Crippen LogP contribution >= 0.6 is 11.8 Å². The van der Waals surface area contributed by atoms with Gasteiger partial charge in [0.15, 0.2) is 10.9 Å². The lowest BCUT2D eigenvalue weighted by Gasteiger charge is -2.12. The van der Waals surface area contributed by atoms with Crippen molar-refractivity contribution in [3.05, 3.63) is 71.5 Å². The Morgan fingerprint density at radius 2 is 2.00 bits per heavy atom. The summed E-state index contributed by atoms with van der Waals surface area (Å²) in [6, 6.07) is 15.4. The Bertz CT molecular complexity index is 890. The Morgan fingerprint density at radius 3 is 2.65 bits per heavy atom. The molecule has 0 aliphatic carbocycles. The molecule has 0 N–H and O–H groups in total. The fraction of sp³-hybridized carbons (Fsp3) is 0.250. The van der Waals surface area contributed by atoms with Crippen molar-refractivity contribution in [3.63, 3.8) is 0 Å². The van der Waals surface area contributed by atoms with Gasteiger partial charge in [-0.05, 0) is 42.3 Å². The number of ether oxygens (including phenoxy) is 1. The first-order valence-electron chi connectivity index (χ1n) is 8.33. The molecule has 0 fully saturated rings. The lowest BCUT2D eigenvalue weighted by Crippen LogP contribution is -2.04. The number of aromatic nitrogens is 3. The molecule has 134 valence electrons. The van der Waals surface area contributed by atoms with E-state index in [1.807, 2.05) is 35.9 Å². The molecular weight excluding hydrogens is 346 g/mol. The number of nitrogens with zero attached hydrogens (tertiary/aromatic N) is 3. The molecule has 0 radical (unpaired) electrons. The van der Waals surface area contributed by atoms with Crippen LogP contribution in [0.15, 0.2) is 60.0 Å². The van der Waals surface area contributed by atoms with Crippen molar-refractivity contribution >= 4 is 17.5 Å². The molecular formula is C20H21N3O2S. The lowest BCUT2D eigenvalue weighted by atomic mass is 10.0. The second-order valence-electron chi connectivity index (χ2n) is 6.06. The molecule has 26 heavy (non-hydrogen) atoms. The first-order chi connectivity index (χ1) is 12.6. The number of hydrogen-bond donors (Lipinski definition) is 0. The summed E-state index contributed by atoms with van der Waals surface area (Å²) >= 11 is 1.65. The number of carbonyl (C=O) groups is 1. The highest BCUT2D eigenvalue weighted by Gasteiger charge is 2.13. The monoisotopic (exact) mass is 367 g/mol. The van der Waals surface area contributed by atoms with E-state index in [0.29, 0.717) is 12.0 Å². The van der Waals surface area contributed by atoms with Crippen molar-refractivity contribution in [2.24, 2.45) is 7.05 Å². The van der Waals surface area contributed by atoms with E-state index in [9.17, 15) is 4.79 Å². The van der Waals surface area contributed by atoms with Crippen molar-refractivity contribution in [2.45, 2.75) is 23.8 Å². The molecule has 3 rings (SSSR count). The van der Waals surface area contributed by atoms with Crippen LogP contribution in [0, 0.1) is 0 Å². The number of hydrogen-bond acceptors (Lipinski definition) is 5. The van der Waals surface area contributed by atoms with Gasteiger partial charge in [-0.1, -0.05) is 36.0 Å². The number of rotatable bonds is 7. The van der Waals surface area contributed by atoms with Gasteiger partial charge in [-0.2, -0.15) is 0 Å². The number of carbonyl (C=O) groups excluding carboxylic acids is 1. The van der Waals surface area contributed by atoms with E-state index in [4.69, 9.17) is 4.74 Å². The highest BCUT2D eigenvalue weighted by Crippen LogP contribution is 2.33. The Balaban J connectivity index is 1.70. The van der Waals surface area contributed by atoms with E-state index in [0.717, 1.165) is 22.0 Å². The van der Waals surface area contributed by atoms with Crippen LogP contribution in [-0.2, 0) is 13.5 Å². The van der Waals surface area contributed by atoms with Gasteiger partial charge in [-0.15, -0.1) is 10.2 Å². The molecule has 0 amide bonds. The molecule has 1 heterocycles. The van der Waals surface area contributed by atoms with E-state index in [2.05, 4.69) is 29.3 Å². The lowest BCUT2D eigenvalue weighted by molar-refractivity contribution is 0.0993. The first-order valence-corrected chi connectivity index (χ1v) is 9.21. The molecule has 1 unspecified atom stereocenters. The van der Waals surface area contributed by atoms with Crippen LogP contribution < -0.4 is 4.74 Å². The van der Waals surface area contributed by atoms with Gasteiger partial charge in [0, 0.05) is 24.3 Å². The molecule has 5 nitrogen and oxygen atoms in total. The zero-order valence-corrected chi connectivity index (χ0v) is 15.9. The molecule has 6 heteroatoms. The second-order valence-corrected chi connectivity index (χ2v) is 7.37. The second kappa shape index (κ2) is 8.19. The number of Topliss-reactive ketones (excluding diaryl/α,β-unsaturated/α-hetero) is 1. The summed E-state index contributed by atoms with van der Waals surface area (Å²) in [6.45, 7) is 2.13. The molecule has 0 bridgehead atoms. The van der Waals surface area contributed by atoms with Gasteiger partial charge >= 0.3 is 0 Å². The minimum absolute atomic E-state index is 0.0958. The average molecular weight is 367 g/mol. The fourth-order valence-corrected chi connectivity index (χ4v) is 3.53. The molecule has 0 aliphatic heterocycles. The maximum absolute atomic E-state index is 12.5. The third kappa shape index (κ3) is 4.32. The normalized spacial score (nSPS) is 12.0. The molecule has 2 aromatic carbocycles. The molecule has 1 atom stereocenters. The summed E-state index contributed by atoms with van der Waals surface area (Å²) < 4.78 is 7.04. The Hall–Kier alpha value is -2.60. The molecule has 0 spiro atoms. The summed E-state index contributed by atoms with van der Waals surface area (Å²) in [7, 11) is 3.54. The van der Waals surface area contributed by atoms with Gasteiger partial charge in [0.25, 0.3) is 0 Å². The van der Waals surface area contributed by atoms with Gasteiger partial charge in [-0.3, -0.25) is 4.79 Å². The van der Waals surface area contributed by atoms with Crippen LogP contribution in [0.4, 0.5) is 0 Å². The topological polar surface area (TPSA) is 57.0 Å². The fourth-order valence-electron chi connectivity index (χ4n) is 2.63. The quantitative estimate of drug-likeness (QED) is 0.465. The Kier molecular flexibility index (Phi) is 5.73. The largest absolute Gasteiger partial charge is 0.497 e. The van der Waals surface area contributed by atoms with Gasteiger partial charge in [0.1, 0.15) is 12.1 Å². The third-order valence-electron chi connectivity index (χ3n) is 4.15. The van der Waals surface area contributed by atoms with Crippen LogP contribution in [0.5, 0.6) is 5.75 Å². The minimum Gasteiger partial charge on any atom is -0.497 e. The first kappa shape index (κ1) is 18.2. The average Bonchev–Trinajstić information content (AvgIpc) is 3.06. The predicted molar refractivity (Wildman–Crippen MR) is 103 cm³/mol.